The van der Waals surface area contributed by atoms with E-state index in [0.717, 1.165) is 51.4 Å². The summed E-state index contributed by atoms with van der Waals surface area (Å²) in [6, 6.07) is -0.826. The maximum atomic E-state index is 13.2. The van der Waals surface area contributed by atoms with Crippen molar-refractivity contribution >= 4 is 5.91 Å². The molecule has 0 aliphatic carbocycles. The highest BCUT2D eigenvalue weighted by molar-refractivity contribution is 5.76. The Morgan fingerprint density at radius 1 is 0.507 bits per heavy atom. The number of allylic oxidation sites excluding steroid dienone is 2. The quantitative estimate of drug-likeness (QED) is 0.0206. The Kier molecular flexibility index (Phi) is 39.0. The summed E-state index contributed by atoms with van der Waals surface area (Å²) < 4.78 is 22.8. The maximum absolute atomic E-state index is 13.2. The number of aliphatic hydroxyl groups excluding tert-OH is 8. The molecule has 14 heteroatoms. The topological polar surface area (TPSA) is 228 Å². The van der Waals surface area contributed by atoms with E-state index < -0.39 is 86.8 Å². The molecule has 0 saturated carbocycles. The van der Waals surface area contributed by atoms with Crippen LogP contribution < -0.4 is 5.32 Å². The van der Waals surface area contributed by atoms with Crippen LogP contribution in [0.5, 0.6) is 0 Å². The summed E-state index contributed by atoms with van der Waals surface area (Å²) in [5, 5.41) is 87.1. The summed E-state index contributed by atoms with van der Waals surface area (Å²) in [5.74, 6) is -0.206. The van der Waals surface area contributed by atoms with Gasteiger partial charge in [0, 0.05) is 6.42 Å². The van der Waals surface area contributed by atoms with E-state index in [1.165, 1.54) is 161 Å². The van der Waals surface area contributed by atoms with Crippen LogP contribution in [0.3, 0.4) is 0 Å². The van der Waals surface area contributed by atoms with E-state index in [9.17, 15) is 45.6 Å². The first kappa shape index (κ1) is 63.8. The fraction of sp³-hybridized carbons (Fsp3) is 0.945. The van der Waals surface area contributed by atoms with Crippen LogP contribution in [0.25, 0.3) is 0 Å². The van der Waals surface area contributed by atoms with E-state index >= 15 is 0 Å². The third-order valence-corrected chi connectivity index (χ3v) is 14.2. The highest BCUT2D eigenvalue weighted by Gasteiger charge is 2.51. The van der Waals surface area contributed by atoms with Crippen LogP contribution >= 0.6 is 0 Å². The molecular formula is C55H105NO13. The van der Waals surface area contributed by atoms with Crippen molar-refractivity contribution in [1.82, 2.24) is 5.32 Å². The van der Waals surface area contributed by atoms with Gasteiger partial charge in [0.25, 0.3) is 0 Å². The van der Waals surface area contributed by atoms with Gasteiger partial charge in [-0.2, -0.15) is 0 Å². The van der Waals surface area contributed by atoms with Crippen LogP contribution in [0.4, 0.5) is 0 Å². The molecule has 1 amide bonds. The van der Waals surface area contributed by atoms with Crippen molar-refractivity contribution in [2.24, 2.45) is 0 Å². The Balaban J connectivity index is 1.78. The lowest BCUT2D eigenvalue weighted by Crippen LogP contribution is -2.65. The van der Waals surface area contributed by atoms with Crippen molar-refractivity contribution in [2.45, 2.75) is 312 Å². The molecule has 14 nitrogen and oxygen atoms in total. The largest absolute Gasteiger partial charge is 0.394 e. The number of carbonyl (C=O) groups is 1. The molecule has 2 fully saturated rings. The Morgan fingerprint density at radius 3 is 1.38 bits per heavy atom. The summed E-state index contributed by atoms with van der Waals surface area (Å²) in [6.07, 6.45) is 29.2. The van der Waals surface area contributed by atoms with Crippen molar-refractivity contribution in [2.75, 3.05) is 19.8 Å². The van der Waals surface area contributed by atoms with Crippen LogP contribution in [0.1, 0.15) is 239 Å². The zero-order chi connectivity index (χ0) is 50.3. The van der Waals surface area contributed by atoms with Gasteiger partial charge in [-0.1, -0.05) is 206 Å². The molecule has 0 aromatic carbocycles. The fourth-order valence-electron chi connectivity index (χ4n) is 9.59. The molecule has 69 heavy (non-hydrogen) atoms. The van der Waals surface area contributed by atoms with Crippen LogP contribution in [0.15, 0.2) is 12.2 Å². The highest BCUT2D eigenvalue weighted by atomic mass is 16.7. The van der Waals surface area contributed by atoms with Crippen LogP contribution in [0, 0.1) is 0 Å². The number of hydrogen-bond acceptors (Lipinski definition) is 13. The number of ether oxygens (including phenoxy) is 4. The predicted octanol–water partition coefficient (Wildman–Crippen LogP) is 8.72. The molecule has 0 spiro atoms. The van der Waals surface area contributed by atoms with E-state index in [4.69, 9.17) is 18.9 Å². The molecule has 12 atom stereocenters. The standard InChI is InChI=1S/C55H105NO13/c1-3-5-7-9-11-13-15-17-19-21-22-23-25-27-29-31-33-35-37-39-47(60)56-43(44(59)38-36-34-32-30-28-26-24-20-18-16-14-12-10-8-6-4-2)42-66-54-52(65)50(63)53(46(41-58)68-54)69-55-51(64)49(62)48(61)45(40-57)67-55/h17,19,43-46,48-55,57-59,61-65H,3-16,18,20-42H2,1-2H3,(H,56,60)/b19-17-. The minimum absolute atomic E-state index is 0.206. The van der Waals surface area contributed by atoms with Gasteiger partial charge in [0.2, 0.25) is 5.91 Å². The van der Waals surface area contributed by atoms with Gasteiger partial charge in [-0.05, 0) is 38.5 Å². The lowest BCUT2D eigenvalue weighted by molar-refractivity contribution is -0.359. The fourth-order valence-corrected chi connectivity index (χ4v) is 9.59. The molecule has 0 aromatic rings. The smallest absolute Gasteiger partial charge is 0.220 e. The van der Waals surface area contributed by atoms with Gasteiger partial charge in [-0.15, -0.1) is 0 Å². The average Bonchev–Trinajstić information content (AvgIpc) is 3.35. The van der Waals surface area contributed by atoms with Gasteiger partial charge < -0.3 is 65.1 Å². The second-order valence-corrected chi connectivity index (χ2v) is 20.4. The minimum Gasteiger partial charge on any atom is -0.394 e. The summed E-state index contributed by atoms with van der Waals surface area (Å²) in [6.45, 7) is 2.87. The van der Waals surface area contributed by atoms with Crippen molar-refractivity contribution in [1.29, 1.82) is 0 Å². The Hall–Kier alpha value is -1.27. The van der Waals surface area contributed by atoms with Gasteiger partial charge in [0.15, 0.2) is 12.6 Å². The second kappa shape index (κ2) is 42.1. The van der Waals surface area contributed by atoms with E-state index in [0.29, 0.717) is 12.8 Å². The van der Waals surface area contributed by atoms with Crippen molar-refractivity contribution in [3.8, 4) is 0 Å². The number of carbonyl (C=O) groups excluding carboxylic acids is 1. The van der Waals surface area contributed by atoms with Crippen LogP contribution in [0.2, 0.25) is 0 Å². The molecule has 408 valence electrons. The molecular weight excluding hydrogens is 883 g/mol. The number of rotatable bonds is 45. The predicted molar refractivity (Wildman–Crippen MR) is 272 cm³/mol. The third kappa shape index (κ3) is 28.7. The van der Waals surface area contributed by atoms with E-state index in [2.05, 4.69) is 31.3 Å². The first-order valence-electron chi connectivity index (χ1n) is 28.4. The average molecular weight is 988 g/mol. The van der Waals surface area contributed by atoms with Gasteiger partial charge in [-0.3, -0.25) is 4.79 Å². The maximum Gasteiger partial charge on any atom is 0.220 e. The molecule has 12 unspecified atom stereocenters. The van der Waals surface area contributed by atoms with E-state index in [-0.39, 0.29) is 12.5 Å². The zero-order valence-electron chi connectivity index (χ0n) is 43.6. The van der Waals surface area contributed by atoms with Crippen molar-refractivity contribution < 1.29 is 64.6 Å². The molecule has 2 heterocycles. The molecule has 0 bridgehead atoms. The van der Waals surface area contributed by atoms with E-state index in [1.807, 2.05) is 0 Å². The second-order valence-electron chi connectivity index (χ2n) is 20.4. The first-order valence-corrected chi connectivity index (χ1v) is 28.4. The number of amides is 1. The molecule has 2 aliphatic rings. The van der Waals surface area contributed by atoms with Crippen molar-refractivity contribution in [3.63, 3.8) is 0 Å². The summed E-state index contributed by atoms with van der Waals surface area (Å²) in [7, 11) is 0. The molecule has 2 saturated heterocycles. The molecule has 2 rings (SSSR count). The Bertz CT molecular complexity index is 1210. The third-order valence-electron chi connectivity index (χ3n) is 14.2. The SMILES string of the molecule is CCCCCCCC/C=C\CCCCCCCCCCCC(=O)NC(COC1OC(CO)C(OC2OC(CO)C(O)C(O)C2O)C(O)C1O)C(O)CCCCCCCCCCCCCCCCCC. The first-order chi connectivity index (χ1) is 33.6. The zero-order valence-corrected chi connectivity index (χ0v) is 43.6. The number of hydrogen-bond donors (Lipinski definition) is 9. The van der Waals surface area contributed by atoms with Crippen LogP contribution in [-0.2, 0) is 23.7 Å². The van der Waals surface area contributed by atoms with Gasteiger partial charge in [0.1, 0.15) is 48.8 Å². The molecule has 9 N–H and O–H groups in total. The summed E-state index contributed by atoms with van der Waals surface area (Å²) >= 11 is 0. The molecule has 0 radical (unpaired) electrons. The van der Waals surface area contributed by atoms with Crippen LogP contribution in [-0.4, -0.2) is 140 Å². The lowest BCUT2D eigenvalue weighted by Gasteiger charge is -2.46. The Morgan fingerprint density at radius 2 is 0.913 bits per heavy atom. The lowest BCUT2D eigenvalue weighted by atomic mass is 9.97. The monoisotopic (exact) mass is 988 g/mol. The summed E-state index contributed by atoms with van der Waals surface area (Å²) in [4.78, 5) is 13.2. The number of nitrogens with one attached hydrogen (secondary N) is 1. The van der Waals surface area contributed by atoms with Crippen molar-refractivity contribution in [3.05, 3.63) is 12.2 Å². The van der Waals surface area contributed by atoms with E-state index in [1.54, 1.807) is 0 Å². The summed E-state index contributed by atoms with van der Waals surface area (Å²) in [5.41, 5.74) is 0. The van der Waals surface area contributed by atoms with Gasteiger partial charge in [-0.25, -0.2) is 0 Å². The van der Waals surface area contributed by atoms with Gasteiger partial charge in [0.05, 0.1) is 32.0 Å². The minimum atomic E-state index is -1.78. The highest BCUT2D eigenvalue weighted by Crippen LogP contribution is 2.30. The molecule has 0 aromatic heterocycles. The normalized spacial score (nSPS) is 26.2. The number of aliphatic hydroxyl groups is 8. The molecule has 2 aliphatic heterocycles. The van der Waals surface area contributed by atoms with Gasteiger partial charge >= 0.3 is 0 Å². The number of unbranched alkanes of at least 4 members (excludes halogenated alkanes) is 30. The Labute approximate surface area is 418 Å².